The van der Waals surface area contributed by atoms with Crippen LogP contribution in [0.2, 0.25) is 0 Å². The molecule has 0 spiro atoms. The molecule has 0 saturated carbocycles. The Morgan fingerprint density at radius 3 is 2.68 bits per heavy atom. The van der Waals surface area contributed by atoms with Crippen molar-refractivity contribution in [3.05, 3.63) is 56.7 Å². The first-order chi connectivity index (χ1) is 9.02. The minimum atomic E-state index is -0.731. The fraction of sp³-hybridized carbons (Fsp3) is 0.0833. The summed E-state index contributed by atoms with van der Waals surface area (Å²) in [4.78, 5) is 36.7. The molecule has 98 valence electrons. The van der Waals surface area contributed by atoms with Crippen LogP contribution in [0.3, 0.4) is 0 Å². The lowest BCUT2D eigenvalue weighted by Crippen LogP contribution is -2.40. The fourth-order valence-electron chi connectivity index (χ4n) is 1.59. The van der Waals surface area contributed by atoms with Crippen molar-refractivity contribution in [1.82, 2.24) is 9.66 Å². The number of carbonyl (C=O) groups excluding carboxylic acids is 1. The zero-order chi connectivity index (χ0) is 14.0. The Hall–Kier alpha value is -2.83. The van der Waals surface area contributed by atoms with Gasteiger partial charge in [-0.1, -0.05) is 12.1 Å². The van der Waals surface area contributed by atoms with E-state index in [0.29, 0.717) is 15.8 Å². The standard InChI is InChI=1S/C12H11N3O4/c1-19-11(17)8-4-2-3-7(5-8)9-6-10(16)15(13)12(18)14-9/h2-6H,13H2,1H3,(H,14,18). The summed E-state index contributed by atoms with van der Waals surface area (Å²) in [5.41, 5.74) is -0.258. The molecular formula is C12H11N3O4. The van der Waals surface area contributed by atoms with Gasteiger partial charge >= 0.3 is 11.7 Å². The van der Waals surface area contributed by atoms with Gasteiger partial charge in [0.05, 0.1) is 18.4 Å². The summed E-state index contributed by atoms with van der Waals surface area (Å²) in [6.07, 6.45) is 0. The molecule has 0 fully saturated rings. The number of aromatic amines is 1. The quantitative estimate of drug-likeness (QED) is 0.570. The molecule has 2 rings (SSSR count). The largest absolute Gasteiger partial charge is 0.465 e. The molecule has 1 heterocycles. The number of benzene rings is 1. The Kier molecular flexibility index (Phi) is 3.19. The van der Waals surface area contributed by atoms with Gasteiger partial charge in [0.25, 0.3) is 5.56 Å². The predicted octanol–water partition coefficient (Wildman–Crippen LogP) is -0.296. The highest BCUT2D eigenvalue weighted by Gasteiger charge is 2.08. The van der Waals surface area contributed by atoms with Crippen molar-refractivity contribution in [2.24, 2.45) is 0 Å². The van der Waals surface area contributed by atoms with Crippen molar-refractivity contribution < 1.29 is 9.53 Å². The second kappa shape index (κ2) is 4.81. The van der Waals surface area contributed by atoms with Crippen LogP contribution < -0.4 is 17.1 Å². The van der Waals surface area contributed by atoms with E-state index in [-0.39, 0.29) is 5.69 Å². The van der Waals surface area contributed by atoms with Gasteiger partial charge in [0, 0.05) is 6.07 Å². The number of hydrogen-bond donors (Lipinski definition) is 2. The number of H-pyrrole nitrogens is 1. The van der Waals surface area contributed by atoms with Crippen molar-refractivity contribution in [2.45, 2.75) is 0 Å². The van der Waals surface area contributed by atoms with E-state index >= 15 is 0 Å². The predicted molar refractivity (Wildman–Crippen MR) is 68.2 cm³/mol. The van der Waals surface area contributed by atoms with Gasteiger partial charge in [-0.25, -0.2) is 9.59 Å². The molecule has 0 aliphatic carbocycles. The van der Waals surface area contributed by atoms with Crippen LogP contribution in [-0.2, 0) is 4.74 Å². The summed E-state index contributed by atoms with van der Waals surface area (Å²) in [6.45, 7) is 0. The molecule has 1 aromatic carbocycles. The van der Waals surface area contributed by atoms with Crippen LogP contribution in [0.1, 0.15) is 10.4 Å². The monoisotopic (exact) mass is 261 g/mol. The number of hydrogen-bond acceptors (Lipinski definition) is 5. The number of nitrogens with zero attached hydrogens (tertiary/aromatic N) is 1. The van der Waals surface area contributed by atoms with Crippen LogP contribution in [-0.4, -0.2) is 22.7 Å². The van der Waals surface area contributed by atoms with Gasteiger partial charge in [0.1, 0.15) is 0 Å². The minimum absolute atomic E-state index is 0.280. The Balaban J connectivity index is 2.57. The van der Waals surface area contributed by atoms with Gasteiger partial charge in [-0.2, -0.15) is 4.68 Å². The van der Waals surface area contributed by atoms with E-state index in [1.807, 2.05) is 0 Å². The third-order valence-corrected chi connectivity index (χ3v) is 2.56. The number of nitrogen functional groups attached to an aromatic ring is 1. The SMILES string of the molecule is COC(=O)c1cccc(-c2cc(=O)n(N)c(=O)[nH]2)c1. The summed E-state index contributed by atoms with van der Waals surface area (Å²) in [6, 6.07) is 7.53. The average Bonchev–Trinajstić information content (AvgIpc) is 2.43. The smallest absolute Gasteiger partial charge is 0.347 e. The van der Waals surface area contributed by atoms with Crippen LogP contribution in [0, 0.1) is 0 Å². The van der Waals surface area contributed by atoms with Crippen molar-refractivity contribution in [2.75, 3.05) is 13.0 Å². The number of nitrogens with one attached hydrogen (secondary N) is 1. The van der Waals surface area contributed by atoms with Crippen LogP contribution in [0.5, 0.6) is 0 Å². The Morgan fingerprint density at radius 2 is 2.05 bits per heavy atom. The van der Waals surface area contributed by atoms with Crippen LogP contribution >= 0.6 is 0 Å². The maximum absolute atomic E-state index is 11.4. The molecule has 0 radical (unpaired) electrons. The Morgan fingerprint density at radius 1 is 1.32 bits per heavy atom. The molecular weight excluding hydrogens is 250 g/mol. The van der Waals surface area contributed by atoms with E-state index < -0.39 is 17.2 Å². The first-order valence-electron chi connectivity index (χ1n) is 5.33. The normalized spacial score (nSPS) is 10.2. The molecule has 0 bridgehead atoms. The van der Waals surface area contributed by atoms with Gasteiger partial charge in [-0.3, -0.25) is 4.79 Å². The Bertz CT molecular complexity index is 714. The lowest BCUT2D eigenvalue weighted by Gasteiger charge is -2.04. The summed E-state index contributed by atoms with van der Waals surface area (Å²) in [7, 11) is 1.27. The molecule has 0 amide bonds. The minimum Gasteiger partial charge on any atom is -0.465 e. The van der Waals surface area contributed by atoms with Gasteiger partial charge in [0.2, 0.25) is 0 Å². The number of nitrogens with two attached hydrogens (primary N) is 1. The molecule has 0 aliphatic rings. The van der Waals surface area contributed by atoms with Crippen molar-refractivity contribution >= 4 is 5.97 Å². The second-order valence-corrected chi connectivity index (χ2v) is 3.77. The summed E-state index contributed by atoms with van der Waals surface area (Å²) in [5.74, 6) is 4.71. The molecule has 1 aromatic heterocycles. The van der Waals surface area contributed by atoms with E-state index in [9.17, 15) is 14.4 Å². The molecule has 7 heteroatoms. The molecule has 0 unspecified atom stereocenters. The average molecular weight is 261 g/mol. The second-order valence-electron chi connectivity index (χ2n) is 3.77. The summed E-state index contributed by atoms with van der Waals surface area (Å²) >= 11 is 0. The number of carbonyl (C=O) groups is 1. The molecule has 7 nitrogen and oxygen atoms in total. The van der Waals surface area contributed by atoms with E-state index in [1.165, 1.54) is 19.2 Å². The van der Waals surface area contributed by atoms with Crippen LogP contribution in [0.4, 0.5) is 0 Å². The first-order valence-corrected chi connectivity index (χ1v) is 5.33. The van der Waals surface area contributed by atoms with Gasteiger partial charge in [0.15, 0.2) is 0 Å². The van der Waals surface area contributed by atoms with Crippen molar-refractivity contribution in [3.8, 4) is 11.3 Å². The van der Waals surface area contributed by atoms with E-state index in [4.69, 9.17) is 5.84 Å². The van der Waals surface area contributed by atoms with Crippen LogP contribution in [0.25, 0.3) is 11.3 Å². The first kappa shape index (κ1) is 12.6. The number of esters is 1. The summed E-state index contributed by atoms with van der Waals surface area (Å²) < 4.78 is 5.06. The molecule has 19 heavy (non-hydrogen) atoms. The van der Waals surface area contributed by atoms with Gasteiger partial charge in [-0.05, 0) is 17.7 Å². The lowest BCUT2D eigenvalue weighted by molar-refractivity contribution is 0.0601. The number of rotatable bonds is 2. The topological polar surface area (TPSA) is 107 Å². The van der Waals surface area contributed by atoms with E-state index in [2.05, 4.69) is 9.72 Å². The van der Waals surface area contributed by atoms with E-state index in [0.717, 1.165) is 0 Å². The Labute approximate surface area is 107 Å². The maximum Gasteiger partial charge on any atom is 0.347 e. The molecule has 2 aromatic rings. The number of ether oxygens (including phenoxy) is 1. The highest BCUT2D eigenvalue weighted by atomic mass is 16.5. The molecule has 0 aliphatic heterocycles. The maximum atomic E-state index is 11.4. The molecule has 0 atom stereocenters. The summed E-state index contributed by atoms with van der Waals surface area (Å²) in [5, 5.41) is 0. The lowest BCUT2D eigenvalue weighted by atomic mass is 10.1. The number of methoxy groups -OCH3 is 1. The van der Waals surface area contributed by atoms with Gasteiger partial charge in [-0.15, -0.1) is 0 Å². The third kappa shape index (κ3) is 2.39. The van der Waals surface area contributed by atoms with Crippen molar-refractivity contribution in [3.63, 3.8) is 0 Å². The highest BCUT2D eigenvalue weighted by Crippen LogP contribution is 2.16. The zero-order valence-electron chi connectivity index (χ0n) is 10.0. The highest BCUT2D eigenvalue weighted by molar-refractivity contribution is 5.90. The molecule has 3 N–H and O–H groups in total. The zero-order valence-corrected chi connectivity index (χ0v) is 10.0. The fourth-order valence-corrected chi connectivity index (χ4v) is 1.59. The van der Waals surface area contributed by atoms with Crippen molar-refractivity contribution in [1.29, 1.82) is 0 Å². The van der Waals surface area contributed by atoms with Gasteiger partial charge < -0.3 is 15.6 Å². The third-order valence-electron chi connectivity index (χ3n) is 2.56. The van der Waals surface area contributed by atoms with Crippen LogP contribution in [0.15, 0.2) is 39.9 Å². The number of aromatic nitrogens is 2. The van der Waals surface area contributed by atoms with E-state index in [1.54, 1.807) is 18.2 Å². The molecule has 0 saturated heterocycles.